The van der Waals surface area contributed by atoms with E-state index in [1.807, 2.05) is 55.5 Å². The van der Waals surface area contributed by atoms with E-state index >= 15 is 0 Å². The van der Waals surface area contributed by atoms with Crippen LogP contribution >= 0.6 is 18.7 Å². The minimum atomic E-state index is -2.29. The van der Waals surface area contributed by atoms with Crippen LogP contribution in [0.3, 0.4) is 0 Å². The minimum absolute atomic E-state index is 0.430. The average molecular weight is 387 g/mol. The molecular weight excluding hydrogens is 367 g/mol. The highest BCUT2D eigenvalue weighted by Crippen LogP contribution is 2.35. The molecule has 134 valence electrons. The van der Waals surface area contributed by atoms with Crippen molar-refractivity contribution in [2.24, 2.45) is 0 Å². The number of aryl methyl sites for hydroxylation is 1. The second-order valence-electron chi connectivity index (χ2n) is 6.36. The highest BCUT2D eigenvalue weighted by molar-refractivity contribution is 7.70. The summed E-state index contributed by atoms with van der Waals surface area (Å²) in [6, 6.07) is 15.4. The zero-order chi connectivity index (χ0) is 18.7. The van der Waals surface area contributed by atoms with Gasteiger partial charge in [-0.2, -0.15) is 4.98 Å². The SMILES string of the molecule is Cc1cc(P(C)(C)=O)ccc1Nc1ncc(Cl)c(Nc2ccccc2)n1. The Bertz CT molecular complexity index is 973. The van der Waals surface area contributed by atoms with Gasteiger partial charge in [-0.05, 0) is 56.1 Å². The maximum Gasteiger partial charge on any atom is 0.229 e. The first-order valence-corrected chi connectivity index (χ1v) is 11.1. The molecule has 0 aliphatic carbocycles. The van der Waals surface area contributed by atoms with Gasteiger partial charge >= 0.3 is 0 Å². The van der Waals surface area contributed by atoms with Crippen molar-refractivity contribution in [3.63, 3.8) is 0 Å². The summed E-state index contributed by atoms with van der Waals surface area (Å²) in [5, 5.41) is 7.66. The van der Waals surface area contributed by atoms with Crippen LogP contribution in [0, 0.1) is 6.92 Å². The van der Waals surface area contributed by atoms with E-state index in [9.17, 15) is 4.57 Å². The molecule has 0 aliphatic heterocycles. The van der Waals surface area contributed by atoms with Crippen LogP contribution in [-0.2, 0) is 4.57 Å². The standard InChI is InChI=1S/C19H20ClN4OP/c1-13-11-15(26(2,3)25)9-10-17(13)23-19-21-12-16(20)18(24-19)22-14-7-5-4-6-8-14/h4-12H,1-3H3,(H2,21,22,23,24). The molecule has 0 aliphatic rings. The van der Waals surface area contributed by atoms with Gasteiger partial charge in [-0.25, -0.2) is 4.98 Å². The van der Waals surface area contributed by atoms with Crippen molar-refractivity contribution in [2.75, 3.05) is 24.0 Å². The van der Waals surface area contributed by atoms with Crippen molar-refractivity contribution in [1.29, 1.82) is 0 Å². The third-order valence-corrected chi connectivity index (χ3v) is 5.66. The molecule has 5 nitrogen and oxygen atoms in total. The number of anilines is 4. The van der Waals surface area contributed by atoms with Crippen LogP contribution in [0.25, 0.3) is 0 Å². The summed E-state index contributed by atoms with van der Waals surface area (Å²) in [6.07, 6.45) is 1.55. The minimum Gasteiger partial charge on any atom is -0.339 e. The second kappa shape index (κ2) is 7.48. The molecule has 0 fully saturated rings. The van der Waals surface area contributed by atoms with Crippen LogP contribution in [0.2, 0.25) is 5.02 Å². The Balaban J connectivity index is 1.85. The molecule has 0 spiro atoms. The number of hydrogen-bond donors (Lipinski definition) is 2. The number of nitrogens with zero attached hydrogens (tertiary/aromatic N) is 2. The molecule has 3 rings (SSSR count). The van der Waals surface area contributed by atoms with E-state index in [-0.39, 0.29) is 0 Å². The lowest BCUT2D eigenvalue weighted by molar-refractivity contribution is 0.588. The van der Waals surface area contributed by atoms with Crippen molar-refractivity contribution in [1.82, 2.24) is 9.97 Å². The largest absolute Gasteiger partial charge is 0.339 e. The first kappa shape index (κ1) is 18.4. The van der Waals surface area contributed by atoms with E-state index in [1.54, 1.807) is 19.5 Å². The van der Waals surface area contributed by atoms with Crippen LogP contribution in [0.4, 0.5) is 23.1 Å². The van der Waals surface area contributed by atoms with E-state index in [2.05, 4.69) is 20.6 Å². The molecule has 0 saturated heterocycles. The number of hydrogen-bond acceptors (Lipinski definition) is 5. The number of aromatic nitrogens is 2. The van der Waals surface area contributed by atoms with Crippen LogP contribution < -0.4 is 15.9 Å². The van der Waals surface area contributed by atoms with Gasteiger partial charge < -0.3 is 15.2 Å². The van der Waals surface area contributed by atoms with Gasteiger partial charge in [0.1, 0.15) is 12.2 Å². The molecule has 0 unspecified atom stereocenters. The van der Waals surface area contributed by atoms with Crippen LogP contribution in [0.1, 0.15) is 5.56 Å². The van der Waals surface area contributed by atoms with Gasteiger partial charge in [0.05, 0.1) is 6.20 Å². The number of benzene rings is 2. The smallest absolute Gasteiger partial charge is 0.229 e. The molecule has 3 aromatic rings. The van der Waals surface area contributed by atoms with Gasteiger partial charge in [-0.1, -0.05) is 29.8 Å². The fourth-order valence-corrected chi connectivity index (χ4v) is 3.49. The summed E-state index contributed by atoms with van der Waals surface area (Å²) < 4.78 is 12.2. The Morgan fingerprint density at radius 1 is 1.04 bits per heavy atom. The topological polar surface area (TPSA) is 66.9 Å². The highest BCUT2D eigenvalue weighted by atomic mass is 35.5. The number of halogens is 1. The Morgan fingerprint density at radius 2 is 1.77 bits per heavy atom. The molecule has 0 radical (unpaired) electrons. The molecule has 0 atom stereocenters. The number of para-hydroxylation sites is 1. The molecule has 2 N–H and O–H groups in total. The first-order chi connectivity index (χ1) is 12.3. The maximum absolute atomic E-state index is 12.2. The summed E-state index contributed by atoms with van der Waals surface area (Å²) in [5.41, 5.74) is 2.72. The van der Waals surface area contributed by atoms with Gasteiger partial charge in [-0.3, -0.25) is 0 Å². The van der Waals surface area contributed by atoms with E-state index in [1.165, 1.54) is 0 Å². The molecular formula is C19H20ClN4OP. The lowest BCUT2D eigenvalue weighted by Crippen LogP contribution is -2.06. The Labute approximate surface area is 158 Å². The molecule has 1 aromatic heterocycles. The monoisotopic (exact) mass is 386 g/mol. The predicted molar refractivity (Wildman–Crippen MR) is 110 cm³/mol. The third-order valence-electron chi connectivity index (χ3n) is 3.86. The Hall–Kier alpha value is -2.36. The van der Waals surface area contributed by atoms with E-state index in [0.717, 1.165) is 22.2 Å². The van der Waals surface area contributed by atoms with Crippen LogP contribution in [-0.4, -0.2) is 23.3 Å². The van der Waals surface area contributed by atoms with E-state index in [0.29, 0.717) is 16.8 Å². The van der Waals surface area contributed by atoms with Gasteiger partial charge in [0.2, 0.25) is 5.95 Å². The van der Waals surface area contributed by atoms with E-state index in [4.69, 9.17) is 11.6 Å². The van der Waals surface area contributed by atoms with Gasteiger partial charge in [0.25, 0.3) is 0 Å². The van der Waals surface area contributed by atoms with Gasteiger partial charge in [-0.15, -0.1) is 0 Å². The Kier molecular flexibility index (Phi) is 5.30. The van der Waals surface area contributed by atoms with Gasteiger partial charge in [0.15, 0.2) is 5.82 Å². The van der Waals surface area contributed by atoms with Crippen molar-refractivity contribution < 1.29 is 4.57 Å². The third kappa shape index (κ3) is 4.43. The van der Waals surface area contributed by atoms with Crippen LogP contribution in [0.5, 0.6) is 0 Å². The molecule has 7 heteroatoms. The number of rotatable bonds is 5. The van der Waals surface area contributed by atoms with Crippen molar-refractivity contribution in [2.45, 2.75) is 6.92 Å². The molecule has 0 amide bonds. The molecule has 0 saturated carbocycles. The summed E-state index contributed by atoms with van der Waals surface area (Å²) in [7, 11) is -2.29. The zero-order valence-electron chi connectivity index (χ0n) is 14.8. The van der Waals surface area contributed by atoms with Crippen LogP contribution in [0.15, 0.2) is 54.7 Å². The summed E-state index contributed by atoms with van der Waals surface area (Å²) >= 11 is 6.21. The van der Waals surface area contributed by atoms with Crippen molar-refractivity contribution in [3.05, 3.63) is 65.3 Å². The fourth-order valence-electron chi connectivity index (χ4n) is 2.42. The summed E-state index contributed by atoms with van der Waals surface area (Å²) in [4.78, 5) is 8.69. The quantitative estimate of drug-likeness (QED) is 0.592. The lowest BCUT2D eigenvalue weighted by Gasteiger charge is -2.13. The second-order valence-corrected chi connectivity index (χ2v) is 9.98. The number of nitrogens with one attached hydrogen (secondary N) is 2. The van der Waals surface area contributed by atoms with E-state index < -0.39 is 7.14 Å². The zero-order valence-corrected chi connectivity index (χ0v) is 16.5. The van der Waals surface area contributed by atoms with Crippen molar-refractivity contribution >= 4 is 47.2 Å². The molecule has 0 bridgehead atoms. The van der Waals surface area contributed by atoms with Gasteiger partial charge in [0, 0.05) is 16.7 Å². The highest BCUT2D eigenvalue weighted by Gasteiger charge is 2.13. The predicted octanol–water partition coefficient (Wildman–Crippen LogP) is 5.17. The van der Waals surface area contributed by atoms with Crippen molar-refractivity contribution in [3.8, 4) is 0 Å². The summed E-state index contributed by atoms with van der Waals surface area (Å²) in [5.74, 6) is 0.955. The molecule has 1 heterocycles. The molecule has 2 aromatic carbocycles. The summed E-state index contributed by atoms with van der Waals surface area (Å²) in [6.45, 7) is 5.48. The molecule has 26 heavy (non-hydrogen) atoms. The average Bonchev–Trinajstić information content (AvgIpc) is 2.59. The fraction of sp³-hybridized carbons (Fsp3) is 0.158. The maximum atomic E-state index is 12.2. The normalized spacial score (nSPS) is 11.2. The Morgan fingerprint density at radius 3 is 2.42 bits per heavy atom. The lowest BCUT2D eigenvalue weighted by atomic mass is 10.2. The first-order valence-electron chi connectivity index (χ1n) is 8.11.